The van der Waals surface area contributed by atoms with Crippen molar-refractivity contribution in [1.29, 1.82) is 5.26 Å². The first-order chi connectivity index (χ1) is 15.2. The number of hydrogen-bond acceptors (Lipinski definition) is 6. The maximum absolute atomic E-state index is 12.6. The number of nitrogens with one attached hydrogen (secondary N) is 2. The number of sulfonamides is 1. The molecule has 1 aliphatic rings. The number of fused-ring (bicyclic) bond motifs is 1. The van der Waals surface area contributed by atoms with E-state index in [9.17, 15) is 26.4 Å². The van der Waals surface area contributed by atoms with Crippen LogP contribution in [0.25, 0.3) is 10.9 Å². The molecule has 2 atom stereocenters. The second-order valence-electron chi connectivity index (χ2n) is 7.38. The summed E-state index contributed by atoms with van der Waals surface area (Å²) in [5.74, 6) is -2.98. The average Bonchev–Trinajstić information content (AvgIpc) is 3.33. The van der Waals surface area contributed by atoms with E-state index in [1.165, 1.54) is 0 Å². The van der Waals surface area contributed by atoms with E-state index in [0.29, 0.717) is 25.1 Å². The fourth-order valence-corrected chi connectivity index (χ4v) is 3.88. The predicted molar refractivity (Wildman–Crippen MR) is 112 cm³/mol. The standard InChI is InChI=1S/C17H21N5O3S.C2HF3O2/c1-26(24,25)21-12-4-5-16-14(8-12)11(10-20-16)7-15(19)17(23)22-6-2-3-13(22)9-18;3-2(4,5)1(6)7/h4-5,8,10,13,15,20-21H,2-3,6-7,19H2,1H3;(H,6,7)/t13-,15?;/m0./s1. The van der Waals surface area contributed by atoms with Gasteiger partial charge in [-0.3, -0.25) is 9.52 Å². The van der Waals surface area contributed by atoms with Crippen LogP contribution in [-0.4, -0.2) is 66.3 Å². The molecule has 2 aromatic rings. The number of hydrogen-bond donors (Lipinski definition) is 4. The Hall–Kier alpha value is -3.31. The van der Waals surface area contributed by atoms with Crippen molar-refractivity contribution >= 4 is 38.5 Å². The van der Waals surface area contributed by atoms with Gasteiger partial charge in [0.05, 0.1) is 18.4 Å². The molecule has 1 amide bonds. The normalized spacial score (nSPS) is 17.1. The second kappa shape index (κ2) is 10.1. The van der Waals surface area contributed by atoms with Crippen LogP contribution >= 0.6 is 0 Å². The quantitative estimate of drug-likeness (QED) is 0.494. The van der Waals surface area contributed by atoms with E-state index < -0.39 is 34.3 Å². The highest BCUT2D eigenvalue weighted by atomic mass is 32.2. The van der Waals surface area contributed by atoms with E-state index in [1.54, 1.807) is 29.3 Å². The number of carbonyl (C=O) groups is 2. The summed E-state index contributed by atoms with van der Waals surface area (Å²) in [6.45, 7) is 0.557. The van der Waals surface area contributed by atoms with Gasteiger partial charge in [0.25, 0.3) is 0 Å². The van der Waals surface area contributed by atoms with E-state index in [-0.39, 0.29) is 5.91 Å². The molecule has 5 N–H and O–H groups in total. The van der Waals surface area contributed by atoms with Gasteiger partial charge in [-0.1, -0.05) is 0 Å². The number of nitrogens with two attached hydrogens (primary N) is 1. The maximum Gasteiger partial charge on any atom is 0.490 e. The SMILES string of the molecule is CS(=O)(=O)Nc1ccc2[nH]cc(CC(N)C(=O)N3CCC[C@H]3C#N)c2c1.O=C(O)C(F)(F)F. The minimum atomic E-state index is -5.08. The monoisotopic (exact) mass is 489 g/mol. The third-order valence-electron chi connectivity index (χ3n) is 4.76. The first-order valence-corrected chi connectivity index (χ1v) is 11.5. The zero-order valence-electron chi connectivity index (χ0n) is 17.4. The van der Waals surface area contributed by atoms with Gasteiger partial charge in [-0.15, -0.1) is 0 Å². The molecule has 14 heteroatoms. The number of amides is 1. The largest absolute Gasteiger partial charge is 0.490 e. The van der Waals surface area contributed by atoms with E-state index in [1.807, 2.05) is 0 Å². The van der Waals surface area contributed by atoms with Gasteiger partial charge in [0, 0.05) is 29.3 Å². The number of carboxylic acid groups (broad SMARTS) is 1. The first kappa shape index (κ1) is 25.9. The number of anilines is 1. The highest BCUT2D eigenvalue weighted by Gasteiger charge is 2.38. The summed E-state index contributed by atoms with van der Waals surface area (Å²) in [6.07, 6.45) is -0.429. The minimum absolute atomic E-state index is 0.228. The molecule has 0 saturated carbocycles. The van der Waals surface area contributed by atoms with Gasteiger partial charge in [0.15, 0.2) is 0 Å². The number of halogens is 3. The number of aromatic nitrogens is 1. The zero-order valence-corrected chi connectivity index (χ0v) is 18.2. The molecule has 180 valence electrons. The van der Waals surface area contributed by atoms with E-state index >= 15 is 0 Å². The van der Waals surface area contributed by atoms with Gasteiger partial charge in [-0.25, -0.2) is 13.2 Å². The van der Waals surface area contributed by atoms with Gasteiger partial charge < -0.3 is 20.7 Å². The number of rotatable bonds is 5. The second-order valence-corrected chi connectivity index (χ2v) is 9.13. The summed E-state index contributed by atoms with van der Waals surface area (Å²) in [5.41, 5.74) is 8.21. The maximum atomic E-state index is 12.6. The number of nitriles is 1. The molecule has 0 aliphatic carbocycles. The van der Waals surface area contributed by atoms with Crippen LogP contribution in [0.5, 0.6) is 0 Å². The van der Waals surface area contributed by atoms with Crippen molar-refractivity contribution in [2.75, 3.05) is 17.5 Å². The van der Waals surface area contributed by atoms with Gasteiger partial charge in [-0.2, -0.15) is 18.4 Å². The number of aliphatic carboxylic acids is 1. The predicted octanol–water partition coefficient (Wildman–Crippen LogP) is 1.56. The lowest BCUT2D eigenvalue weighted by atomic mass is 10.0. The molecule has 1 unspecified atom stereocenters. The molecule has 1 aliphatic heterocycles. The molecule has 1 saturated heterocycles. The van der Waals surface area contributed by atoms with Gasteiger partial charge in [0.2, 0.25) is 15.9 Å². The summed E-state index contributed by atoms with van der Waals surface area (Å²) in [6, 6.07) is 6.14. The van der Waals surface area contributed by atoms with Crippen LogP contribution in [0, 0.1) is 11.3 Å². The van der Waals surface area contributed by atoms with Crippen LogP contribution in [-0.2, 0) is 26.0 Å². The van der Waals surface area contributed by atoms with Crippen molar-refractivity contribution in [3.8, 4) is 6.07 Å². The summed E-state index contributed by atoms with van der Waals surface area (Å²) in [5, 5.41) is 17.1. The Kier molecular flexibility index (Phi) is 7.93. The molecule has 1 aromatic carbocycles. The van der Waals surface area contributed by atoms with E-state index in [0.717, 1.165) is 29.1 Å². The molecule has 0 radical (unpaired) electrons. The number of alkyl halides is 3. The van der Waals surface area contributed by atoms with Crippen molar-refractivity contribution in [2.24, 2.45) is 5.73 Å². The molecular weight excluding hydrogens is 467 g/mol. The topological polar surface area (TPSA) is 169 Å². The number of carboxylic acids is 1. The Morgan fingerprint density at radius 1 is 1.42 bits per heavy atom. The Balaban J connectivity index is 0.000000479. The van der Waals surface area contributed by atoms with Crippen molar-refractivity contribution < 1.29 is 36.3 Å². The Labute approximate surface area is 187 Å². The molecule has 0 bridgehead atoms. The number of nitrogens with zero attached hydrogens (tertiary/aromatic N) is 2. The van der Waals surface area contributed by atoms with Crippen LogP contribution < -0.4 is 10.5 Å². The molecule has 1 aromatic heterocycles. The van der Waals surface area contributed by atoms with Crippen LogP contribution in [0.4, 0.5) is 18.9 Å². The minimum Gasteiger partial charge on any atom is -0.475 e. The Morgan fingerprint density at radius 3 is 2.61 bits per heavy atom. The fourth-order valence-electron chi connectivity index (χ4n) is 3.33. The molecule has 1 fully saturated rings. The molecule has 3 rings (SSSR count). The van der Waals surface area contributed by atoms with Crippen molar-refractivity contribution in [3.05, 3.63) is 30.0 Å². The van der Waals surface area contributed by atoms with Crippen molar-refractivity contribution in [1.82, 2.24) is 9.88 Å². The Bertz CT molecular complexity index is 1170. The number of likely N-dealkylation sites (tertiary alicyclic amines) is 1. The molecule has 10 nitrogen and oxygen atoms in total. The highest BCUT2D eigenvalue weighted by molar-refractivity contribution is 7.92. The lowest BCUT2D eigenvalue weighted by Gasteiger charge is -2.23. The van der Waals surface area contributed by atoms with Gasteiger partial charge in [0.1, 0.15) is 6.04 Å². The molecule has 33 heavy (non-hydrogen) atoms. The fraction of sp³-hybridized carbons (Fsp3) is 0.421. The van der Waals surface area contributed by atoms with Crippen molar-refractivity contribution in [2.45, 2.75) is 37.5 Å². The van der Waals surface area contributed by atoms with Crippen LogP contribution in [0.3, 0.4) is 0 Å². The average molecular weight is 489 g/mol. The third-order valence-corrected chi connectivity index (χ3v) is 5.36. The van der Waals surface area contributed by atoms with Gasteiger partial charge >= 0.3 is 12.1 Å². The van der Waals surface area contributed by atoms with E-state index in [2.05, 4.69) is 15.8 Å². The zero-order chi connectivity index (χ0) is 25.0. The molecule has 0 spiro atoms. The lowest BCUT2D eigenvalue weighted by molar-refractivity contribution is -0.192. The number of carbonyl (C=O) groups excluding carboxylic acids is 1. The first-order valence-electron chi connectivity index (χ1n) is 9.56. The highest BCUT2D eigenvalue weighted by Crippen LogP contribution is 2.25. The van der Waals surface area contributed by atoms with E-state index in [4.69, 9.17) is 20.9 Å². The third kappa shape index (κ3) is 7.09. The smallest absolute Gasteiger partial charge is 0.475 e. The number of H-pyrrole nitrogens is 1. The summed E-state index contributed by atoms with van der Waals surface area (Å²) in [7, 11) is -3.37. The number of aromatic amines is 1. The molecular formula is C19H22F3N5O5S. The van der Waals surface area contributed by atoms with Crippen LogP contribution in [0.15, 0.2) is 24.4 Å². The number of benzene rings is 1. The van der Waals surface area contributed by atoms with Crippen molar-refractivity contribution in [3.63, 3.8) is 0 Å². The van der Waals surface area contributed by atoms with Gasteiger partial charge in [-0.05, 0) is 43.0 Å². The summed E-state index contributed by atoms with van der Waals surface area (Å²) < 4.78 is 57.0. The molecule has 2 heterocycles. The van der Waals surface area contributed by atoms with Crippen LogP contribution in [0.1, 0.15) is 18.4 Å². The Morgan fingerprint density at radius 2 is 2.06 bits per heavy atom. The summed E-state index contributed by atoms with van der Waals surface area (Å²) in [4.78, 5) is 26.1. The summed E-state index contributed by atoms with van der Waals surface area (Å²) >= 11 is 0. The van der Waals surface area contributed by atoms with Crippen LogP contribution in [0.2, 0.25) is 0 Å². The lowest BCUT2D eigenvalue weighted by Crippen LogP contribution is -2.46.